The molecule has 0 bridgehead atoms. The summed E-state index contributed by atoms with van der Waals surface area (Å²) in [4.78, 5) is 0. The third-order valence-corrected chi connectivity index (χ3v) is 0. The molecule has 6 radical (unpaired) electrons. The molecule has 0 aliphatic rings. The van der Waals surface area contributed by atoms with Crippen LogP contribution in [0.2, 0.25) is 0 Å². The van der Waals surface area contributed by atoms with Gasteiger partial charge >= 0.3 is 201 Å². The van der Waals surface area contributed by atoms with E-state index in [0.717, 1.165) is 0 Å². The molecule has 19 heavy (non-hydrogen) atoms. The fourth-order valence-corrected chi connectivity index (χ4v) is 0. The average molecular weight is 1240 g/mol. The average Bonchev–Trinajstić information content (AvgIpc) is 1.76. The van der Waals surface area contributed by atoms with Gasteiger partial charge < -0.3 is 0 Å². The molecule has 0 atom stereocenters. The zero-order valence-corrected chi connectivity index (χ0v) is 30.1. The van der Waals surface area contributed by atoms with Crippen molar-refractivity contribution in [1.29, 1.82) is 0 Å². The minimum absolute atomic E-state index is 0. The molecular formula is Nb2O12Pb3Sn2. The number of hydrogen-bond donors (Lipinski definition) is 0. The van der Waals surface area contributed by atoms with Crippen molar-refractivity contribution >= 4 is 123 Å². The largest absolute Gasteiger partial charge is 2.00 e. The summed E-state index contributed by atoms with van der Waals surface area (Å²) in [6.45, 7) is 0. The number of hydrogen-bond acceptors (Lipinski definition) is 12. The van der Waals surface area contributed by atoms with Gasteiger partial charge in [-0.1, -0.05) is 0 Å². The van der Waals surface area contributed by atoms with E-state index in [4.69, 9.17) is 40.2 Å². The summed E-state index contributed by atoms with van der Waals surface area (Å²) in [6.07, 6.45) is 0. The first-order chi connectivity index (χ1) is 6.93. The summed E-state index contributed by atoms with van der Waals surface area (Å²) in [5.41, 5.74) is 0. The fourth-order valence-electron chi connectivity index (χ4n) is 0. The van der Waals surface area contributed by atoms with Gasteiger partial charge in [0.05, 0.1) is 0 Å². The van der Waals surface area contributed by atoms with Crippen LogP contribution in [-0.2, 0) is 56.7 Å². The van der Waals surface area contributed by atoms with Gasteiger partial charge in [-0.2, -0.15) is 0 Å². The van der Waals surface area contributed by atoms with Crippen LogP contribution in [0.4, 0.5) is 0 Å². The van der Waals surface area contributed by atoms with E-state index in [9.17, 15) is 0 Å². The van der Waals surface area contributed by atoms with Gasteiger partial charge in [-0.15, -0.1) is 0 Å². The Labute approximate surface area is 196 Å². The molecule has 0 aliphatic heterocycles. The van der Waals surface area contributed by atoms with Crippen LogP contribution in [-0.4, -0.2) is 123 Å². The normalized spacial score (nSPS) is 5.37. The molecule has 0 aromatic carbocycles. The first-order valence-corrected chi connectivity index (χ1v) is 14.7. The molecule has 0 aliphatic carbocycles. The molecule has 0 amide bonds. The van der Waals surface area contributed by atoms with Crippen molar-refractivity contribution in [3.63, 3.8) is 0 Å². The Balaban J connectivity index is -0.0000000192. The van der Waals surface area contributed by atoms with Gasteiger partial charge in [0.25, 0.3) is 0 Å². The van der Waals surface area contributed by atoms with Crippen LogP contribution in [0.1, 0.15) is 0 Å². The Kier molecular flexibility index (Phi) is 87.6. The van der Waals surface area contributed by atoms with E-state index in [1.807, 2.05) is 0 Å². The first kappa shape index (κ1) is 43.7. The predicted molar refractivity (Wildman–Crippen MR) is 32.9 cm³/mol. The van der Waals surface area contributed by atoms with Crippen LogP contribution in [0.15, 0.2) is 0 Å². The Morgan fingerprint density at radius 2 is 0.579 bits per heavy atom. The summed E-state index contributed by atoms with van der Waals surface area (Å²) in [5.74, 6) is 0. The summed E-state index contributed by atoms with van der Waals surface area (Å²) >= 11 is -17.0. The van der Waals surface area contributed by atoms with Gasteiger partial charge in [0.2, 0.25) is 0 Å². The van der Waals surface area contributed by atoms with Gasteiger partial charge in [0, 0.05) is 0 Å². The minimum Gasteiger partial charge on any atom is 2.00 e. The molecule has 0 unspecified atom stereocenters. The van der Waals surface area contributed by atoms with Crippen molar-refractivity contribution in [3.8, 4) is 0 Å². The van der Waals surface area contributed by atoms with Crippen LogP contribution in [0, 0.1) is 0 Å². The summed E-state index contributed by atoms with van der Waals surface area (Å²) in [5, 5.41) is 0. The summed E-state index contributed by atoms with van der Waals surface area (Å²) in [7, 11) is 0. The topological polar surface area (TPSA) is 241 Å². The van der Waals surface area contributed by atoms with E-state index in [0.29, 0.717) is 0 Å². The Bertz CT molecular complexity index is 265. The molecule has 0 N–H and O–H groups in total. The molecule has 0 fully saturated rings. The zero-order chi connectivity index (χ0) is 14.3. The van der Waals surface area contributed by atoms with Crippen LogP contribution in [0.3, 0.4) is 0 Å². The van der Waals surface area contributed by atoms with E-state index >= 15 is 0 Å². The fraction of sp³-hybridized carbons (Fsp3) is 0. The predicted octanol–water partition coefficient (Wildman–Crippen LogP) is -9.76. The molecule has 19 heteroatoms. The van der Waals surface area contributed by atoms with Gasteiger partial charge in [0.1, 0.15) is 0 Å². The maximum atomic E-state index is 8.61. The van der Waals surface area contributed by atoms with Crippen molar-refractivity contribution in [2.45, 2.75) is 0 Å². The van der Waals surface area contributed by atoms with Gasteiger partial charge in [-0.05, 0) is 0 Å². The zero-order valence-electron chi connectivity index (χ0n) is 8.29. The van der Waals surface area contributed by atoms with Crippen molar-refractivity contribution in [3.05, 3.63) is 0 Å². The molecule has 102 valence electrons. The second kappa shape index (κ2) is 38.1. The Morgan fingerprint density at radius 3 is 0.579 bits per heavy atom. The third kappa shape index (κ3) is 481. The van der Waals surface area contributed by atoms with E-state index in [-0.39, 0.29) is 81.9 Å². The van der Waals surface area contributed by atoms with E-state index in [1.165, 1.54) is 0 Å². The third-order valence-electron chi connectivity index (χ3n) is 0. The number of rotatable bonds is 0. The molecular weight excluding hydrogens is 1240 g/mol. The van der Waals surface area contributed by atoms with E-state index in [2.05, 4.69) is 0 Å². The monoisotopic (exact) mass is 1240 g/mol. The Hall–Kier alpha value is 4.40. The van der Waals surface area contributed by atoms with Crippen LogP contribution in [0.5, 0.6) is 0 Å². The molecule has 0 heterocycles. The van der Waals surface area contributed by atoms with Crippen LogP contribution >= 0.6 is 0 Å². The smallest absolute Gasteiger partial charge is 2.00 e. The van der Waals surface area contributed by atoms with Crippen molar-refractivity contribution in [1.82, 2.24) is 0 Å². The van der Waals surface area contributed by atoms with Crippen molar-refractivity contribution < 1.29 is 77.7 Å². The van der Waals surface area contributed by atoms with Gasteiger partial charge in [-0.25, -0.2) is 0 Å². The molecule has 0 spiro atoms. The SMILES string of the molecule is [O]=[Nb](=[O])[O-].[O]=[Nb](=[O])[O-].[O]=[Sn]([O-])[O-].[O]=[Sn]([O-])[O-].[Pb+2].[Pb+2].[Pb+2]. The van der Waals surface area contributed by atoms with Gasteiger partial charge in [-0.3, -0.25) is 0 Å². The maximum absolute atomic E-state index is 8.61. The second-order valence-corrected chi connectivity index (χ2v) is 6.00. The van der Waals surface area contributed by atoms with E-state index < -0.39 is 78.7 Å². The molecule has 12 nitrogen and oxygen atoms in total. The minimum atomic E-state index is -4.29. The molecule has 0 rings (SSSR count). The summed E-state index contributed by atoms with van der Waals surface area (Å²) in [6, 6.07) is 0. The molecule has 0 saturated heterocycles. The molecule has 0 saturated carbocycles. The van der Waals surface area contributed by atoms with Gasteiger partial charge in [0.15, 0.2) is 0 Å². The quantitative estimate of drug-likeness (QED) is 0.206. The van der Waals surface area contributed by atoms with E-state index in [1.54, 1.807) is 0 Å². The van der Waals surface area contributed by atoms with Crippen LogP contribution < -0.4 is 21.0 Å². The Morgan fingerprint density at radius 1 is 0.579 bits per heavy atom. The standard InChI is InChI=1S/2Nb.12O.3Pb.2Sn/q;;;;;;;;6*-1;3*+2;;. The summed E-state index contributed by atoms with van der Waals surface area (Å²) < 4.78 is 103. The van der Waals surface area contributed by atoms with Crippen LogP contribution in [0.25, 0.3) is 0 Å². The molecule has 0 aromatic heterocycles. The van der Waals surface area contributed by atoms with Crippen molar-refractivity contribution in [2.75, 3.05) is 0 Å². The molecule has 0 aromatic rings. The maximum Gasteiger partial charge on any atom is 2.00 e. The first-order valence-electron chi connectivity index (χ1n) is 2.32. The second-order valence-electron chi connectivity index (χ2n) is 0.947. The van der Waals surface area contributed by atoms with Crippen molar-refractivity contribution in [2.24, 2.45) is 0 Å².